The van der Waals surface area contributed by atoms with E-state index in [0.717, 1.165) is 6.07 Å². The molecule has 6 nitrogen and oxygen atoms in total. The molecule has 1 aromatic carbocycles. The summed E-state index contributed by atoms with van der Waals surface area (Å²) in [6, 6.07) is 5.19. The molecule has 0 aliphatic carbocycles. The lowest BCUT2D eigenvalue weighted by Crippen LogP contribution is -2.54. The molecule has 1 amide bonds. The molecular formula is C17H16ClF3N4O2. The Kier molecular flexibility index (Phi) is 5.14. The van der Waals surface area contributed by atoms with Gasteiger partial charge in [0, 0.05) is 26.7 Å². The molecule has 2 heterocycles. The number of nitrogens with zero attached hydrogens (tertiary/aromatic N) is 3. The molecule has 3 rings (SSSR count). The van der Waals surface area contributed by atoms with Gasteiger partial charge in [0.1, 0.15) is 5.02 Å². The van der Waals surface area contributed by atoms with E-state index in [1.807, 2.05) is 0 Å². The van der Waals surface area contributed by atoms with Gasteiger partial charge in [0.15, 0.2) is 0 Å². The lowest BCUT2D eigenvalue weighted by molar-refractivity contribution is -0.140. The first-order chi connectivity index (χ1) is 12.7. The molecule has 0 atom stereocenters. The largest absolute Gasteiger partial charge is 0.416 e. The van der Waals surface area contributed by atoms with Crippen molar-refractivity contribution in [3.05, 3.63) is 57.0 Å². The summed E-state index contributed by atoms with van der Waals surface area (Å²) in [6.45, 7) is 0.488. The summed E-state index contributed by atoms with van der Waals surface area (Å²) < 4.78 is 39.3. The van der Waals surface area contributed by atoms with Crippen LogP contribution in [0.4, 0.5) is 18.9 Å². The first kappa shape index (κ1) is 19.2. The van der Waals surface area contributed by atoms with E-state index in [9.17, 15) is 22.8 Å². The van der Waals surface area contributed by atoms with E-state index in [1.54, 1.807) is 4.90 Å². The Hall–Kier alpha value is -2.55. The molecule has 0 saturated carbocycles. The molecule has 27 heavy (non-hydrogen) atoms. The van der Waals surface area contributed by atoms with Crippen LogP contribution in [0.5, 0.6) is 0 Å². The summed E-state index contributed by atoms with van der Waals surface area (Å²) in [6.07, 6.45) is -3.08. The first-order valence-corrected chi connectivity index (χ1v) is 8.44. The van der Waals surface area contributed by atoms with Crippen LogP contribution in [0.2, 0.25) is 5.02 Å². The Morgan fingerprint density at radius 1 is 1.37 bits per heavy atom. The molecule has 1 aliphatic heterocycles. The molecule has 0 bridgehead atoms. The van der Waals surface area contributed by atoms with Gasteiger partial charge in [-0.1, -0.05) is 29.8 Å². The fraction of sp³-hybridized carbons (Fsp3) is 0.353. The fourth-order valence-corrected chi connectivity index (χ4v) is 3.22. The number of rotatable bonds is 4. The van der Waals surface area contributed by atoms with E-state index in [-0.39, 0.29) is 29.0 Å². The van der Waals surface area contributed by atoms with Crippen molar-refractivity contribution in [1.82, 2.24) is 15.1 Å². The second kappa shape index (κ2) is 7.22. The minimum atomic E-state index is -4.47. The first-order valence-electron chi connectivity index (χ1n) is 8.06. The van der Waals surface area contributed by atoms with Gasteiger partial charge in [0.2, 0.25) is 5.91 Å². The Bertz CT molecular complexity index is 910. The minimum Gasteiger partial charge on any atom is -0.367 e. The fourth-order valence-electron chi connectivity index (χ4n) is 3.01. The number of aromatic nitrogens is 2. The number of carbonyl (C=O) groups excluding carboxylic acids is 1. The number of hydrogen-bond donors (Lipinski definition) is 1. The predicted octanol–water partition coefficient (Wildman–Crippen LogP) is 2.54. The van der Waals surface area contributed by atoms with Crippen molar-refractivity contribution in [3.63, 3.8) is 0 Å². The van der Waals surface area contributed by atoms with E-state index in [4.69, 9.17) is 11.6 Å². The average molecular weight is 401 g/mol. The van der Waals surface area contributed by atoms with E-state index in [2.05, 4.69) is 10.2 Å². The number of alkyl halides is 3. The summed E-state index contributed by atoms with van der Waals surface area (Å²) >= 11 is 5.93. The number of nitrogens with one attached hydrogen (secondary N) is 1. The molecule has 1 fully saturated rings. The predicted molar refractivity (Wildman–Crippen MR) is 93.5 cm³/mol. The smallest absolute Gasteiger partial charge is 0.367 e. The minimum absolute atomic E-state index is 0.0108. The van der Waals surface area contributed by atoms with E-state index >= 15 is 0 Å². The lowest BCUT2D eigenvalue weighted by atomic mass is 9.97. The number of halogens is 4. The summed E-state index contributed by atoms with van der Waals surface area (Å²) in [5.74, 6) is -0.652. The lowest BCUT2D eigenvalue weighted by Gasteiger charge is -2.41. The number of benzene rings is 1. The maximum absolute atomic E-state index is 13.1. The van der Waals surface area contributed by atoms with Crippen LogP contribution in [0.15, 0.2) is 35.3 Å². The van der Waals surface area contributed by atoms with Crippen LogP contribution < -0.4 is 10.5 Å². The Balaban J connectivity index is 1.65. The number of H-pyrrole nitrogens is 1. The standard InChI is InChI=1S/C17H16ClF3N4O2/c1-24(7-10-4-2-3-5-12(10)17(19,20)21)16(27)11-8-25(9-11)13-6-22-23-15(26)14(13)18/h2-6,11H,7-9H2,1H3,(H,23,26). The molecule has 0 spiro atoms. The molecule has 10 heteroatoms. The second-order valence-electron chi connectivity index (χ2n) is 6.35. The molecule has 1 aromatic heterocycles. The number of anilines is 1. The van der Waals surface area contributed by atoms with Gasteiger partial charge in [0.25, 0.3) is 5.56 Å². The highest BCUT2D eigenvalue weighted by atomic mass is 35.5. The topological polar surface area (TPSA) is 69.3 Å². The van der Waals surface area contributed by atoms with Crippen LogP contribution in [-0.4, -0.2) is 41.1 Å². The van der Waals surface area contributed by atoms with Crippen LogP contribution in [0, 0.1) is 5.92 Å². The van der Waals surface area contributed by atoms with Gasteiger partial charge >= 0.3 is 6.18 Å². The van der Waals surface area contributed by atoms with Crippen molar-refractivity contribution in [2.45, 2.75) is 12.7 Å². The van der Waals surface area contributed by atoms with Gasteiger partial charge in [-0.3, -0.25) is 9.59 Å². The zero-order valence-corrected chi connectivity index (χ0v) is 15.0. The maximum atomic E-state index is 13.1. The zero-order chi connectivity index (χ0) is 19.8. The number of amides is 1. The molecular weight excluding hydrogens is 385 g/mol. The van der Waals surface area contributed by atoms with Crippen molar-refractivity contribution in [2.24, 2.45) is 5.92 Å². The highest BCUT2D eigenvalue weighted by Gasteiger charge is 2.37. The molecule has 1 saturated heterocycles. The summed E-state index contributed by atoms with van der Waals surface area (Å²) in [4.78, 5) is 27.0. The van der Waals surface area contributed by atoms with Gasteiger partial charge in [-0.15, -0.1) is 0 Å². The summed E-state index contributed by atoms with van der Waals surface area (Å²) in [7, 11) is 1.47. The van der Waals surface area contributed by atoms with E-state index in [0.29, 0.717) is 18.8 Å². The van der Waals surface area contributed by atoms with Crippen molar-refractivity contribution < 1.29 is 18.0 Å². The zero-order valence-electron chi connectivity index (χ0n) is 14.3. The molecule has 0 radical (unpaired) electrons. The van der Waals surface area contributed by atoms with Crippen molar-refractivity contribution in [3.8, 4) is 0 Å². The van der Waals surface area contributed by atoms with Crippen molar-refractivity contribution in [1.29, 1.82) is 0 Å². The van der Waals surface area contributed by atoms with Crippen LogP contribution >= 0.6 is 11.6 Å². The van der Waals surface area contributed by atoms with Crippen LogP contribution in [-0.2, 0) is 17.5 Å². The third-order valence-corrected chi connectivity index (χ3v) is 4.82. The van der Waals surface area contributed by atoms with E-state index in [1.165, 1.54) is 36.3 Å². The van der Waals surface area contributed by atoms with Crippen LogP contribution in [0.1, 0.15) is 11.1 Å². The monoisotopic (exact) mass is 400 g/mol. The van der Waals surface area contributed by atoms with Gasteiger partial charge in [-0.2, -0.15) is 18.3 Å². The third kappa shape index (κ3) is 3.92. The number of carbonyl (C=O) groups is 1. The average Bonchev–Trinajstić information content (AvgIpc) is 2.56. The molecule has 1 N–H and O–H groups in total. The molecule has 0 unspecified atom stereocenters. The molecule has 2 aromatic rings. The summed E-state index contributed by atoms with van der Waals surface area (Å²) in [5.41, 5.74) is -0.806. The van der Waals surface area contributed by atoms with Crippen LogP contribution in [0.25, 0.3) is 0 Å². The van der Waals surface area contributed by atoms with Gasteiger partial charge in [-0.25, -0.2) is 5.10 Å². The van der Waals surface area contributed by atoms with Crippen molar-refractivity contribution in [2.75, 3.05) is 25.0 Å². The highest BCUT2D eigenvalue weighted by molar-refractivity contribution is 6.33. The Morgan fingerprint density at radius 2 is 2.04 bits per heavy atom. The SMILES string of the molecule is CN(Cc1ccccc1C(F)(F)F)C(=O)C1CN(c2cn[nH]c(=O)c2Cl)C1. The maximum Gasteiger partial charge on any atom is 0.416 e. The number of aromatic amines is 1. The Morgan fingerprint density at radius 3 is 2.70 bits per heavy atom. The quantitative estimate of drug-likeness (QED) is 0.856. The van der Waals surface area contributed by atoms with Gasteiger partial charge < -0.3 is 9.80 Å². The van der Waals surface area contributed by atoms with E-state index < -0.39 is 17.3 Å². The summed E-state index contributed by atoms with van der Waals surface area (Å²) in [5, 5.41) is 5.87. The second-order valence-corrected chi connectivity index (χ2v) is 6.73. The number of hydrogen-bond acceptors (Lipinski definition) is 4. The molecule has 1 aliphatic rings. The van der Waals surface area contributed by atoms with Gasteiger partial charge in [-0.05, 0) is 11.6 Å². The van der Waals surface area contributed by atoms with Gasteiger partial charge in [0.05, 0.1) is 23.4 Å². The van der Waals surface area contributed by atoms with Crippen LogP contribution in [0.3, 0.4) is 0 Å². The normalized spacial score (nSPS) is 14.8. The highest BCUT2D eigenvalue weighted by Crippen LogP contribution is 2.33. The third-order valence-electron chi connectivity index (χ3n) is 4.46. The van der Waals surface area contributed by atoms with Crippen molar-refractivity contribution >= 4 is 23.2 Å². The Labute approximate surface area is 157 Å². The molecule has 144 valence electrons.